The molecule has 4 rings (SSSR count). The molecule has 1 saturated heterocycles. The van der Waals surface area contributed by atoms with Crippen LogP contribution in [0.25, 0.3) is 5.57 Å². The molecule has 2 aromatic carbocycles. The molecule has 0 radical (unpaired) electrons. The number of nitrogens with zero attached hydrogens (tertiary/aromatic N) is 2. The molecule has 2 aromatic rings. The summed E-state index contributed by atoms with van der Waals surface area (Å²) in [6.07, 6.45) is 2.02. The summed E-state index contributed by atoms with van der Waals surface area (Å²) in [5, 5.41) is 0. The molecular formula is C24H26N2O4. The van der Waals surface area contributed by atoms with Gasteiger partial charge in [-0.3, -0.25) is 9.59 Å². The molecule has 0 N–H and O–H groups in total. The summed E-state index contributed by atoms with van der Waals surface area (Å²) in [4.78, 5) is 30.5. The summed E-state index contributed by atoms with van der Waals surface area (Å²) in [5.74, 6) is 0.340. The minimum Gasteiger partial charge on any atom is -0.497 e. The van der Waals surface area contributed by atoms with Crippen LogP contribution < -0.4 is 14.4 Å². The van der Waals surface area contributed by atoms with Gasteiger partial charge in [0.05, 0.1) is 25.5 Å². The molecule has 0 aromatic heterocycles. The van der Waals surface area contributed by atoms with Gasteiger partial charge in [0, 0.05) is 19.2 Å². The number of methoxy groups -OCH3 is 2. The van der Waals surface area contributed by atoms with Crippen LogP contribution in [-0.4, -0.2) is 44.0 Å². The third-order valence-electron chi connectivity index (χ3n) is 5.90. The molecule has 0 spiro atoms. The number of hydrogen-bond donors (Lipinski definition) is 0. The first-order valence-corrected chi connectivity index (χ1v) is 10.1. The lowest BCUT2D eigenvalue weighted by Gasteiger charge is -2.21. The van der Waals surface area contributed by atoms with Crippen molar-refractivity contribution < 1.29 is 19.1 Å². The first-order chi connectivity index (χ1) is 14.5. The van der Waals surface area contributed by atoms with Crippen molar-refractivity contribution in [1.29, 1.82) is 0 Å². The Labute approximate surface area is 176 Å². The number of rotatable bonds is 5. The molecule has 2 heterocycles. The fourth-order valence-corrected chi connectivity index (χ4v) is 4.10. The second kappa shape index (κ2) is 7.86. The van der Waals surface area contributed by atoms with E-state index < -0.39 is 0 Å². The number of anilines is 1. The molecular weight excluding hydrogens is 380 g/mol. The van der Waals surface area contributed by atoms with E-state index in [1.807, 2.05) is 36.9 Å². The zero-order valence-corrected chi connectivity index (χ0v) is 17.8. The van der Waals surface area contributed by atoms with E-state index in [1.165, 1.54) is 12.0 Å². The summed E-state index contributed by atoms with van der Waals surface area (Å²) >= 11 is 0. The highest BCUT2D eigenvalue weighted by molar-refractivity contribution is 6.45. The number of aryl methyl sites for hydroxylation is 2. The van der Waals surface area contributed by atoms with Gasteiger partial charge in [0.25, 0.3) is 11.8 Å². The van der Waals surface area contributed by atoms with Crippen molar-refractivity contribution in [2.75, 3.05) is 32.2 Å². The average Bonchev–Trinajstić information content (AvgIpc) is 3.35. The zero-order chi connectivity index (χ0) is 21.4. The molecule has 2 aliphatic rings. The molecule has 2 amide bonds. The Morgan fingerprint density at radius 2 is 1.57 bits per heavy atom. The molecule has 2 aliphatic heterocycles. The maximum absolute atomic E-state index is 13.7. The van der Waals surface area contributed by atoms with Crippen molar-refractivity contribution in [2.24, 2.45) is 0 Å². The maximum atomic E-state index is 13.7. The number of benzene rings is 2. The van der Waals surface area contributed by atoms with E-state index in [-0.39, 0.29) is 11.8 Å². The van der Waals surface area contributed by atoms with Crippen LogP contribution in [0.15, 0.2) is 42.1 Å². The Bertz CT molecular complexity index is 1050. The minimum atomic E-state index is -0.336. The van der Waals surface area contributed by atoms with E-state index in [0.29, 0.717) is 28.5 Å². The second-order valence-electron chi connectivity index (χ2n) is 7.70. The van der Waals surface area contributed by atoms with Gasteiger partial charge in [-0.05, 0) is 55.5 Å². The lowest BCUT2D eigenvalue weighted by atomic mass is 9.99. The van der Waals surface area contributed by atoms with Crippen LogP contribution in [0.4, 0.5) is 5.69 Å². The Morgan fingerprint density at radius 3 is 2.20 bits per heavy atom. The molecule has 30 heavy (non-hydrogen) atoms. The van der Waals surface area contributed by atoms with Crippen LogP contribution in [0.3, 0.4) is 0 Å². The maximum Gasteiger partial charge on any atom is 0.282 e. The van der Waals surface area contributed by atoms with Gasteiger partial charge in [-0.1, -0.05) is 18.2 Å². The van der Waals surface area contributed by atoms with Gasteiger partial charge >= 0.3 is 0 Å². The highest BCUT2D eigenvalue weighted by Gasteiger charge is 2.44. The monoisotopic (exact) mass is 406 g/mol. The van der Waals surface area contributed by atoms with E-state index in [0.717, 1.165) is 42.6 Å². The minimum absolute atomic E-state index is 0.318. The summed E-state index contributed by atoms with van der Waals surface area (Å²) in [5.41, 5.74) is 4.31. The topological polar surface area (TPSA) is 59.1 Å². The highest BCUT2D eigenvalue weighted by atomic mass is 16.5. The van der Waals surface area contributed by atoms with Crippen LogP contribution in [0.2, 0.25) is 0 Å². The van der Waals surface area contributed by atoms with E-state index in [9.17, 15) is 9.59 Å². The Balaban J connectivity index is 1.88. The number of carbonyl (C=O) groups excluding carboxylic acids is 2. The SMILES string of the molecule is COc1ccc(OC)c(N2C(=O)C(c3ccc(C)c(C)c3)=C(N3CCCC3)C2=O)c1. The fourth-order valence-electron chi connectivity index (χ4n) is 4.10. The van der Waals surface area contributed by atoms with Crippen molar-refractivity contribution in [1.82, 2.24) is 4.90 Å². The average molecular weight is 406 g/mol. The molecule has 6 heteroatoms. The number of amides is 2. The molecule has 6 nitrogen and oxygen atoms in total. The largest absolute Gasteiger partial charge is 0.497 e. The van der Waals surface area contributed by atoms with E-state index in [4.69, 9.17) is 9.47 Å². The third-order valence-corrected chi connectivity index (χ3v) is 5.90. The predicted molar refractivity (Wildman–Crippen MR) is 116 cm³/mol. The molecule has 156 valence electrons. The van der Waals surface area contributed by atoms with Gasteiger partial charge < -0.3 is 14.4 Å². The quantitative estimate of drug-likeness (QED) is 0.709. The van der Waals surface area contributed by atoms with Gasteiger partial charge in [-0.25, -0.2) is 4.90 Å². The smallest absolute Gasteiger partial charge is 0.282 e. The van der Waals surface area contributed by atoms with E-state index >= 15 is 0 Å². The first-order valence-electron chi connectivity index (χ1n) is 10.1. The van der Waals surface area contributed by atoms with Crippen LogP contribution in [0.5, 0.6) is 11.5 Å². The van der Waals surface area contributed by atoms with Gasteiger partial charge in [0.2, 0.25) is 0 Å². The first kappa shape index (κ1) is 20.0. The summed E-state index contributed by atoms with van der Waals surface area (Å²) < 4.78 is 10.8. The zero-order valence-electron chi connectivity index (χ0n) is 17.8. The van der Waals surface area contributed by atoms with Crippen LogP contribution in [0, 0.1) is 13.8 Å². The Morgan fingerprint density at radius 1 is 0.833 bits per heavy atom. The Kier molecular flexibility index (Phi) is 5.24. The standard InChI is InChI=1S/C24H26N2O4/c1-15-7-8-17(13-16(15)2)21-22(25-11-5-6-12-25)24(28)26(23(21)27)19-14-18(29-3)9-10-20(19)30-4/h7-10,13-14H,5-6,11-12H2,1-4H3. The molecule has 0 bridgehead atoms. The number of hydrogen-bond acceptors (Lipinski definition) is 5. The molecule has 1 fully saturated rings. The number of imide groups is 1. The Hall–Kier alpha value is -3.28. The number of likely N-dealkylation sites (tertiary alicyclic amines) is 1. The second-order valence-corrected chi connectivity index (χ2v) is 7.70. The van der Waals surface area contributed by atoms with Crippen LogP contribution in [-0.2, 0) is 9.59 Å². The van der Waals surface area contributed by atoms with Crippen molar-refractivity contribution in [3.8, 4) is 11.5 Å². The lowest BCUT2D eigenvalue weighted by molar-refractivity contribution is -0.120. The summed E-state index contributed by atoms with van der Waals surface area (Å²) in [6, 6.07) is 11.0. The molecule has 0 saturated carbocycles. The third kappa shape index (κ3) is 3.22. The van der Waals surface area contributed by atoms with Gasteiger partial charge in [-0.2, -0.15) is 0 Å². The van der Waals surface area contributed by atoms with Gasteiger partial charge in [0.15, 0.2) is 0 Å². The molecule has 0 atom stereocenters. The van der Waals surface area contributed by atoms with Crippen molar-refractivity contribution in [2.45, 2.75) is 26.7 Å². The van der Waals surface area contributed by atoms with Gasteiger partial charge in [0.1, 0.15) is 17.2 Å². The van der Waals surface area contributed by atoms with Crippen molar-refractivity contribution >= 4 is 23.1 Å². The fraction of sp³-hybridized carbons (Fsp3) is 0.333. The lowest BCUT2D eigenvalue weighted by Crippen LogP contribution is -2.34. The van der Waals surface area contributed by atoms with Crippen LogP contribution in [0.1, 0.15) is 29.5 Å². The summed E-state index contributed by atoms with van der Waals surface area (Å²) in [6.45, 7) is 5.58. The number of ether oxygens (including phenoxy) is 2. The molecule has 0 aliphatic carbocycles. The van der Waals surface area contributed by atoms with Crippen LogP contribution >= 0.6 is 0 Å². The van der Waals surface area contributed by atoms with Gasteiger partial charge in [-0.15, -0.1) is 0 Å². The normalized spacial score (nSPS) is 16.7. The van der Waals surface area contributed by atoms with Crippen molar-refractivity contribution in [3.05, 3.63) is 58.8 Å². The van der Waals surface area contributed by atoms with E-state index in [2.05, 4.69) is 0 Å². The summed E-state index contributed by atoms with van der Waals surface area (Å²) in [7, 11) is 3.07. The number of carbonyl (C=O) groups is 2. The van der Waals surface area contributed by atoms with Crippen molar-refractivity contribution in [3.63, 3.8) is 0 Å². The molecule has 0 unspecified atom stereocenters. The highest BCUT2D eigenvalue weighted by Crippen LogP contribution is 2.41. The van der Waals surface area contributed by atoms with E-state index in [1.54, 1.807) is 25.3 Å². The predicted octanol–water partition coefficient (Wildman–Crippen LogP) is 3.70.